The number of nitro groups is 1. The quantitative estimate of drug-likeness (QED) is 0.445. The maximum Gasteiger partial charge on any atom is 0.287 e. The minimum absolute atomic E-state index is 0.0611. The van der Waals surface area contributed by atoms with Gasteiger partial charge in [-0.05, 0) is 32.4 Å². The summed E-state index contributed by atoms with van der Waals surface area (Å²) in [5.41, 5.74) is 2.56. The summed E-state index contributed by atoms with van der Waals surface area (Å²) in [7, 11) is 0. The number of nitro benzene ring substituents is 1. The van der Waals surface area contributed by atoms with Gasteiger partial charge >= 0.3 is 0 Å². The number of rotatable bonds is 7. The van der Waals surface area contributed by atoms with Crippen LogP contribution in [0.5, 0.6) is 0 Å². The van der Waals surface area contributed by atoms with Crippen LogP contribution < -0.4 is 10.7 Å². The van der Waals surface area contributed by atoms with E-state index in [1.807, 2.05) is 13.8 Å². The SMILES string of the molecule is CCC(C)NC(=O)CC(C)=NNC(=O)c1ccc([N+](=O)[O-])c(Cl)c1. The zero-order valence-corrected chi connectivity index (χ0v) is 14.4. The molecule has 0 aliphatic rings. The molecule has 1 aromatic carbocycles. The molecule has 0 spiro atoms. The number of carbonyl (C=O) groups is 2. The lowest BCUT2D eigenvalue weighted by Gasteiger charge is -2.11. The minimum atomic E-state index is -0.637. The van der Waals surface area contributed by atoms with Gasteiger partial charge in [-0.15, -0.1) is 0 Å². The van der Waals surface area contributed by atoms with E-state index in [2.05, 4.69) is 15.8 Å². The summed E-state index contributed by atoms with van der Waals surface area (Å²) in [6.07, 6.45) is 0.880. The lowest BCUT2D eigenvalue weighted by atomic mass is 10.2. The van der Waals surface area contributed by atoms with E-state index in [4.69, 9.17) is 11.6 Å². The Morgan fingerprint density at radius 3 is 2.62 bits per heavy atom. The first kappa shape index (κ1) is 19.6. The van der Waals surface area contributed by atoms with Gasteiger partial charge in [0.05, 0.1) is 11.3 Å². The Balaban J connectivity index is 2.66. The van der Waals surface area contributed by atoms with Crippen molar-refractivity contribution in [2.75, 3.05) is 0 Å². The summed E-state index contributed by atoms with van der Waals surface area (Å²) >= 11 is 5.75. The molecule has 1 rings (SSSR count). The number of benzene rings is 1. The molecule has 0 heterocycles. The Morgan fingerprint density at radius 1 is 1.42 bits per heavy atom. The average Bonchev–Trinajstić information content (AvgIpc) is 2.51. The number of amides is 2. The molecule has 0 fully saturated rings. The van der Waals surface area contributed by atoms with Gasteiger partial charge in [-0.25, -0.2) is 5.43 Å². The van der Waals surface area contributed by atoms with Crippen molar-refractivity contribution in [1.82, 2.24) is 10.7 Å². The van der Waals surface area contributed by atoms with Gasteiger partial charge in [0.15, 0.2) is 0 Å². The maximum atomic E-state index is 11.9. The van der Waals surface area contributed by atoms with Crippen LogP contribution in [0.1, 0.15) is 44.0 Å². The summed E-state index contributed by atoms with van der Waals surface area (Å²) in [6.45, 7) is 5.46. The van der Waals surface area contributed by atoms with E-state index in [0.29, 0.717) is 5.71 Å². The van der Waals surface area contributed by atoms with Gasteiger partial charge in [-0.2, -0.15) is 5.10 Å². The van der Waals surface area contributed by atoms with Crippen LogP contribution in [0.3, 0.4) is 0 Å². The fourth-order valence-corrected chi connectivity index (χ4v) is 1.96. The van der Waals surface area contributed by atoms with E-state index in [1.54, 1.807) is 6.92 Å². The van der Waals surface area contributed by atoms with Crippen LogP contribution in [0, 0.1) is 10.1 Å². The maximum absolute atomic E-state index is 11.9. The topological polar surface area (TPSA) is 114 Å². The third kappa shape index (κ3) is 5.96. The van der Waals surface area contributed by atoms with Crippen LogP contribution in [0.4, 0.5) is 5.69 Å². The Hall–Kier alpha value is -2.48. The number of nitrogens with one attached hydrogen (secondary N) is 2. The summed E-state index contributed by atoms with van der Waals surface area (Å²) < 4.78 is 0. The first-order valence-electron chi connectivity index (χ1n) is 7.31. The lowest BCUT2D eigenvalue weighted by molar-refractivity contribution is -0.384. The van der Waals surface area contributed by atoms with E-state index in [1.165, 1.54) is 12.1 Å². The van der Waals surface area contributed by atoms with Crippen molar-refractivity contribution < 1.29 is 14.5 Å². The van der Waals surface area contributed by atoms with Gasteiger partial charge in [0.2, 0.25) is 5.91 Å². The largest absolute Gasteiger partial charge is 0.353 e. The number of hydrogen-bond donors (Lipinski definition) is 2. The van der Waals surface area contributed by atoms with Gasteiger partial charge in [0, 0.05) is 23.4 Å². The Labute approximate surface area is 144 Å². The molecule has 24 heavy (non-hydrogen) atoms. The average molecular weight is 355 g/mol. The van der Waals surface area contributed by atoms with Crippen molar-refractivity contribution in [2.24, 2.45) is 5.10 Å². The Kier molecular flexibility index (Phi) is 7.31. The molecule has 0 bridgehead atoms. The molecule has 2 N–H and O–H groups in total. The van der Waals surface area contributed by atoms with Crippen LogP contribution in [0.25, 0.3) is 0 Å². The molecule has 1 unspecified atom stereocenters. The second-order valence-corrected chi connectivity index (χ2v) is 5.67. The van der Waals surface area contributed by atoms with E-state index >= 15 is 0 Å². The molecule has 1 atom stereocenters. The Morgan fingerprint density at radius 2 is 2.08 bits per heavy atom. The molecular weight excluding hydrogens is 336 g/mol. The zero-order valence-electron chi connectivity index (χ0n) is 13.6. The van der Waals surface area contributed by atoms with Crippen molar-refractivity contribution in [1.29, 1.82) is 0 Å². The highest BCUT2D eigenvalue weighted by Gasteiger charge is 2.15. The summed E-state index contributed by atoms with van der Waals surface area (Å²) in [6, 6.07) is 3.69. The number of halogens is 1. The Bertz CT molecular complexity index is 675. The van der Waals surface area contributed by atoms with Crippen LogP contribution >= 0.6 is 11.6 Å². The van der Waals surface area contributed by atoms with E-state index < -0.39 is 10.8 Å². The molecule has 2 amide bonds. The van der Waals surface area contributed by atoms with Crippen LogP contribution in [-0.4, -0.2) is 28.5 Å². The van der Waals surface area contributed by atoms with E-state index in [-0.39, 0.29) is 34.6 Å². The molecule has 0 radical (unpaired) electrons. The van der Waals surface area contributed by atoms with Crippen molar-refractivity contribution in [3.05, 3.63) is 38.9 Å². The van der Waals surface area contributed by atoms with Gasteiger partial charge < -0.3 is 5.32 Å². The van der Waals surface area contributed by atoms with Crippen LogP contribution in [0.15, 0.2) is 23.3 Å². The molecule has 9 heteroatoms. The summed E-state index contributed by atoms with van der Waals surface area (Å²) in [4.78, 5) is 33.7. The first-order chi connectivity index (χ1) is 11.2. The number of hydrazone groups is 1. The molecule has 1 aromatic rings. The molecule has 0 aliphatic heterocycles. The standard InChI is InChI=1S/C15H19ClN4O4/c1-4-9(2)17-14(21)7-10(3)18-19-15(22)11-5-6-13(20(23)24)12(16)8-11/h5-6,8-9H,4,7H2,1-3H3,(H,17,21)(H,19,22). The zero-order chi connectivity index (χ0) is 18.3. The molecule has 0 aromatic heterocycles. The minimum Gasteiger partial charge on any atom is -0.353 e. The van der Waals surface area contributed by atoms with E-state index in [9.17, 15) is 19.7 Å². The molecule has 8 nitrogen and oxygen atoms in total. The molecule has 0 saturated carbocycles. The fraction of sp³-hybridized carbons (Fsp3) is 0.400. The molecule has 0 saturated heterocycles. The predicted octanol–water partition coefficient (Wildman–Crippen LogP) is 2.66. The highest BCUT2D eigenvalue weighted by atomic mass is 35.5. The van der Waals surface area contributed by atoms with Gasteiger partial charge in [0.25, 0.3) is 11.6 Å². The van der Waals surface area contributed by atoms with Crippen molar-refractivity contribution in [3.63, 3.8) is 0 Å². The first-order valence-corrected chi connectivity index (χ1v) is 7.69. The van der Waals surface area contributed by atoms with Crippen molar-refractivity contribution in [3.8, 4) is 0 Å². The van der Waals surface area contributed by atoms with Gasteiger partial charge in [0.1, 0.15) is 5.02 Å². The number of nitrogens with zero attached hydrogens (tertiary/aromatic N) is 2. The van der Waals surface area contributed by atoms with Crippen LogP contribution in [-0.2, 0) is 4.79 Å². The third-order valence-electron chi connectivity index (χ3n) is 3.19. The van der Waals surface area contributed by atoms with Crippen molar-refractivity contribution in [2.45, 2.75) is 39.7 Å². The highest BCUT2D eigenvalue weighted by Crippen LogP contribution is 2.24. The highest BCUT2D eigenvalue weighted by molar-refractivity contribution is 6.33. The second kappa shape index (κ2) is 8.97. The number of hydrogen-bond acceptors (Lipinski definition) is 5. The second-order valence-electron chi connectivity index (χ2n) is 5.26. The third-order valence-corrected chi connectivity index (χ3v) is 3.49. The predicted molar refractivity (Wildman–Crippen MR) is 91.2 cm³/mol. The monoisotopic (exact) mass is 354 g/mol. The fourth-order valence-electron chi connectivity index (χ4n) is 1.71. The molecule has 130 valence electrons. The van der Waals surface area contributed by atoms with Gasteiger partial charge in [-0.1, -0.05) is 18.5 Å². The molecule has 0 aliphatic carbocycles. The van der Waals surface area contributed by atoms with Crippen molar-refractivity contribution >= 4 is 34.8 Å². The normalized spacial score (nSPS) is 12.4. The number of carbonyl (C=O) groups excluding carboxylic acids is 2. The molecular formula is C15H19ClN4O4. The van der Waals surface area contributed by atoms with E-state index in [0.717, 1.165) is 12.5 Å². The van der Waals surface area contributed by atoms with Gasteiger partial charge in [-0.3, -0.25) is 19.7 Å². The summed E-state index contributed by atoms with van der Waals surface area (Å²) in [5.74, 6) is -0.758. The van der Waals surface area contributed by atoms with Crippen LogP contribution in [0.2, 0.25) is 5.02 Å². The lowest BCUT2D eigenvalue weighted by Crippen LogP contribution is -2.33. The smallest absolute Gasteiger partial charge is 0.287 e. The summed E-state index contributed by atoms with van der Waals surface area (Å²) in [5, 5.41) is 17.2.